The molecule has 2 nitrogen and oxygen atoms in total. The van der Waals surface area contributed by atoms with Gasteiger partial charge >= 0.3 is 0 Å². The Morgan fingerprint density at radius 2 is 2.00 bits per heavy atom. The maximum absolute atomic E-state index is 5.19. The fourth-order valence-electron chi connectivity index (χ4n) is 1.46. The molecule has 0 fully saturated rings. The van der Waals surface area contributed by atoms with Gasteiger partial charge in [-0.3, -0.25) is 0 Å². The van der Waals surface area contributed by atoms with E-state index in [0.717, 1.165) is 17.6 Å². The Kier molecular flexibility index (Phi) is 5.15. The number of halogens is 1. The van der Waals surface area contributed by atoms with Crippen LogP contribution in [-0.2, 0) is 4.74 Å². The molecule has 0 heterocycles. The number of hydrogen-bond donors (Lipinski definition) is 1. The van der Waals surface area contributed by atoms with Gasteiger partial charge in [0.2, 0.25) is 0 Å². The molecule has 0 aliphatic rings. The average molecular weight is 258 g/mol. The van der Waals surface area contributed by atoms with E-state index >= 15 is 0 Å². The molecular formula is C11H16BrNO. The lowest BCUT2D eigenvalue weighted by atomic mass is 10.0. The molecule has 0 spiro atoms. The summed E-state index contributed by atoms with van der Waals surface area (Å²) < 4.78 is 6.30. The molecule has 1 unspecified atom stereocenters. The third kappa shape index (κ3) is 3.40. The minimum atomic E-state index is 0.429. The number of rotatable bonds is 5. The summed E-state index contributed by atoms with van der Waals surface area (Å²) in [5, 5.41) is 3.17. The van der Waals surface area contributed by atoms with Crippen molar-refractivity contribution in [3.8, 4) is 0 Å². The van der Waals surface area contributed by atoms with Gasteiger partial charge in [0.05, 0.1) is 6.61 Å². The van der Waals surface area contributed by atoms with E-state index in [-0.39, 0.29) is 0 Å². The molecular weight excluding hydrogens is 242 g/mol. The smallest absolute Gasteiger partial charge is 0.0543 e. The first-order valence-electron chi connectivity index (χ1n) is 4.67. The second-order valence-corrected chi connectivity index (χ2v) is 4.18. The van der Waals surface area contributed by atoms with Crippen molar-refractivity contribution in [2.75, 3.05) is 27.3 Å². The summed E-state index contributed by atoms with van der Waals surface area (Å²) in [5.74, 6) is 0.429. The fraction of sp³-hybridized carbons (Fsp3) is 0.455. The van der Waals surface area contributed by atoms with E-state index in [0.29, 0.717) is 5.92 Å². The van der Waals surface area contributed by atoms with Crippen molar-refractivity contribution in [3.05, 3.63) is 34.3 Å². The van der Waals surface area contributed by atoms with Crippen molar-refractivity contribution in [2.24, 2.45) is 0 Å². The number of likely N-dealkylation sites (N-methyl/N-ethyl adjacent to an activating group) is 1. The third-order valence-electron chi connectivity index (χ3n) is 2.16. The van der Waals surface area contributed by atoms with Crippen LogP contribution in [0.5, 0.6) is 0 Å². The molecule has 1 atom stereocenters. The standard InChI is InChI=1S/C11H16BrNO/c1-13-7-10(8-14-2)9-3-5-11(12)6-4-9/h3-6,10,13H,7-8H2,1-2H3. The number of ether oxygens (including phenoxy) is 1. The highest BCUT2D eigenvalue weighted by Gasteiger charge is 2.09. The van der Waals surface area contributed by atoms with Gasteiger partial charge in [-0.05, 0) is 24.7 Å². The van der Waals surface area contributed by atoms with Crippen molar-refractivity contribution in [1.29, 1.82) is 0 Å². The normalized spacial score (nSPS) is 12.8. The highest BCUT2D eigenvalue weighted by Crippen LogP contribution is 2.18. The largest absolute Gasteiger partial charge is 0.384 e. The van der Waals surface area contributed by atoms with Crippen molar-refractivity contribution in [2.45, 2.75) is 5.92 Å². The number of methoxy groups -OCH3 is 1. The van der Waals surface area contributed by atoms with Crippen molar-refractivity contribution in [3.63, 3.8) is 0 Å². The quantitative estimate of drug-likeness (QED) is 0.875. The summed E-state index contributed by atoms with van der Waals surface area (Å²) in [6, 6.07) is 8.39. The Balaban J connectivity index is 2.71. The zero-order valence-corrected chi connectivity index (χ0v) is 10.2. The van der Waals surface area contributed by atoms with Crippen LogP contribution in [0.25, 0.3) is 0 Å². The van der Waals surface area contributed by atoms with E-state index in [2.05, 4.69) is 45.5 Å². The van der Waals surface area contributed by atoms with Gasteiger partial charge in [-0.25, -0.2) is 0 Å². The van der Waals surface area contributed by atoms with Gasteiger partial charge in [-0.2, -0.15) is 0 Å². The number of nitrogens with one attached hydrogen (secondary N) is 1. The second-order valence-electron chi connectivity index (χ2n) is 3.26. The van der Waals surface area contributed by atoms with Gasteiger partial charge in [-0.1, -0.05) is 28.1 Å². The van der Waals surface area contributed by atoms with Crippen LogP contribution in [-0.4, -0.2) is 27.3 Å². The molecule has 1 aromatic carbocycles. The second kappa shape index (κ2) is 6.17. The van der Waals surface area contributed by atoms with Crippen molar-refractivity contribution >= 4 is 15.9 Å². The fourth-order valence-corrected chi connectivity index (χ4v) is 1.72. The molecule has 1 rings (SSSR count). The summed E-state index contributed by atoms with van der Waals surface area (Å²) >= 11 is 3.43. The summed E-state index contributed by atoms with van der Waals surface area (Å²) in [4.78, 5) is 0. The van der Waals surface area contributed by atoms with Gasteiger partial charge in [0.1, 0.15) is 0 Å². The van der Waals surface area contributed by atoms with E-state index < -0.39 is 0 Å². The molecule has 0 saturated heterocycles. The van der Waals surface area contributed by atoms with Crippen LogP contribution in [0.4, 0.5) is 0 Å². The molecule has 0 radical (unpaired) electrons. The Hall–Kier alpha value is -0.380. The van der Waals surface area contributed by atoms with Crippen LogP contribution in [0, 0.1) is 0 Å². The molecule has 0 aliphatic carbocycles. The lowest BCUT2D eigenvalue weighted by Gasteiger charge is -2.15. The maximum atomic E-state index is 5.19. The minimum absolute atomic E-state index is 0.429. The average Bonchev–Trinajstić information content (AvgIpc) is 2.19. The third-order valence-corrected chi connectivity index (χ3v) is 2.69. The molecule has 14 heavy (non-hydrogen) atoms. The predicted molar refractivity (Wildman–Crippen MR) is 62.7 cm³/mol. The lowest BCUT2D eigenvalue weighted by molar-refractivity contribution is 0.178. The lowest BCUT2D eigenvalue weighted by Crippen LogP contribution is -2.20. The topological polar surface area (TPSA) is 21.3 Å². The van der Waals surface area contributed by atoms with Crippen molar-refractivity contribution < 1.29 is 4.74 Å². The van der Waals surface area contributed by atoms with Crippen LogP contribution < -0.4 is 5.32 Å². The molecule has 0 saturated carbocycles. The van der Waals surface area contributed by atoms with E-state index in [1.807, 2.05) is 7.05 Å². The highest BCUT2D eigenvalue weighted by atomic mass is 79.9. The monoisotopic (exact) mass is 257 g/mol. The Bertz CT molecular complexity index is 254. The van der Waals surface area contributed by atoms with Gasteiger partial charge in [-0.15, -0.1) is 0 Å². The van der Waals surface area contributed by atoms with Crippen LogP contribution in [0.15, 0.2) is 28.7 Å². The molecule has 0 aliphatic heterocycles. The minimum Gasteiger partial charge on any atom is -0.384 e. The molecule has 3 heteroatoms. The Labute approximate surface area is 93.8 Å². The molecule has 0 aromatic heterocycles. The van der Waals surface area contributed by atoms with E-state index in [1.165, 1.54) is 5.56 Å². The van der Waals surface area contributed by atoms with Gasteiger partial charge in [0.15, 0.2) is 0 Å². The summed E-state index contributed by atoms with van der Waals surface area (Å²) in [6.07, 6.45) is 0. The first-order chi connectivity index (χ1) is 6.77. The zero-order valence-electron chi connectivity index (χ0n) is 8.59. The molecule has 0 bridgehead atoms. The van der Waals surface area contributed by atoms with Crippen LogP contribution in [0.2, 0.25) is 0 Å². The number of hydrogen-bond acceptors (Lipinski definition) is 2. The highest BCUT2D eigenvalue weighted by molar-refractivity contribution is 9.10. The SMILES string of the molecule is CNCC(COC)c1ccc(Br)cc1. The summed E-state index contributed by atoms with van der Waals surface area (Å²) in [6.45, 7) is 1.69. The first kappa shape index (κ1) is 11.7. The van der Waals surface area contributed by atoms with Crippen LogP contribution in [0.3, 0.4) is 0 Å². The van der Waals surface area contributed by atoms with Gasteiger partial charge < -0.3 is 10.1 Å². The van der Waals surface area contributed by atoms with Crippen molar-refractivity contribution in [1.82, 2.24) is 5.32 Å². The zero-order chi connectivity index (χ0) is 10.4. The van der Waals surface area contributed by atoms with E-state index in [4.69, 9.17) is 4.74 Å². The molecule has 1 aromatic rings. The predicted octanol–water partition coefficient (Wildman–Crippen LogP) is 2.40. The van der Waals surface area contributed by atoms with Gasteiger partial charge in [0.25, 0.3) is 0 Å². The molecule has 1 N–H and O–H groups in total. The molecule has 0 amide bonds. The van der Waals surface area contributed by atoms with Crippen LogP contribution >= 0.6 is 15.9 Å². The summed E-state index contributed by atoms with van der Waals surface area (Å²) in [5.41, 5.74) is 1.31. The summed E-state index contributed by atoms with van der Waals surface area (Å²) in [7, 11) is 3.70. The number of benzene rings is 1. The van der Waals surface area contributed by atoms with Crippen LogP contribution in [0.1, 0.15) is 11.5 Å². The van der Waals surface area contributed by atoms with Gasteiger partial charge in [0, 0.05) is 24.0 Å². The molecule has 78 valence electrons. The Morgan fingerprint density at radius 3 is 2.50 bits per heavy atom. The van der Waals surface area contributed by atoms with E-state index in [1.54, 1.807) is 7.11 Å². The first-order valence-corrected chi connectivity index (χ1v) is 5.46. The Morgan fingerprint density at radius 1 is 1.36 bits per heavy atom. The maximum Gasteiger partial charge on any atom is 0.0543 e. The van der Waals surface area contributed by atoms with E-state index in [9.17, 15) is 0 Å².